The molecule has 3 rings (SSSR count). The van der Waals surface area contributed by atoms with Crippen LogP contribution in [-0.4, -0.2) is 17.3 Å². The van der Waals surface area contributed by atoms with E-state index in [0.717, 1.165) is 0 Å². The lowest BCUT2D eigenvalue weighted by molar-refractivity contribution is -0.383. The Balaban J connectivity index is 1.85. The highest BCUT2D eigenvalue weighted by Gasteiger charge is 2.16. The molecule has 0 amide bonds. The van der Waals surface area contributed by atoms with Gasteiger partial charge in [0, 0.05) is 11.5 Å². The van der Waals surface area contributed by atoms with Gasteiger partial charge in [0.25, 0.3) is 5.69 Å². The molecule has 0 bridgehead atoms. The van der Waals surface area contributed by atoms with Crippen molar-refractivity contribution in [3.8, 4) is 0 Å². The Morgan fingerprint density at radius 3 is 2.62 bits per heavy atom. The fraction of sp³-hybridized carbons (Fsp3) is 0.0588. The molecule has 1 aromatic heterocycles. The van der Waals surface area contributed by atoms with E-state index in [9.17, 15) is 19.7 Å². The van der Waals surface area contributed by atoms with Crippen molar-refractivity contribution in [1.82, 2.24) is 0 Å². The first-order chi connectivity index (χ1) is 11.6. The molecular formula is C17H12N2O5. The van der Waals surface area contributed by atoms with Crippen LogP contribution in [-0.2, 0) is 0 Å². The predicted octanol–water partition coefficient (Wildman–Crippen LogP) is 3.00. The van der Waals surface area contributed by atoms with Gasteiger partial charge < -0.3 is 9.73 Å². The highest BCUT2D eigenvalue weighted by atomic mass is 16.6. The third-order valence-electron chi connectivity index (χ3n) is 3.48. The van der Waals surface area contributed by atoms with Gasteiger partial charge in [0.05, 0.1) is 11.5 Å². The van der Waals surface area contributed by atoms with Gasteiger partial charge in [-0.15, -0.1) is 0 Å². The predicted molar refractivity (Wildman–Crippen MR) is 88.4 cm³/mol. The lowest BCUT2D eigenvalue weighted by Crippen LogP contribution is -2.21. The van der Waals surface area contributed by atoms with E-state index in [1.807, 2.05) is 0 Å². The number of hydrogen-bond donors (Lipinski definition) is 1. The molecule has 120 valence electrons. The number of nitro benzene ring substituents is 1. The normalized spacial score (nSPS) is 10.5. The molecule has 0 saturated heterocycles. The number of nitro groups is 1. The number of nitrogens with zero attached hydrogens (tertiary/aromatic N) is 1. The van der Waals surface area contributed by atoms with E-state index in [0.29, 0.717) is 11.0 Å². The molecule has 24 heavy (non-hydrogen) atoms. The number of benzene rings is 2. The number of nitrogens with one attached hydrogen (secondary N) is 1. The highest BCUT2D eigenvalue weighted by molar-refractivity contribution is 6.00. The first-order valence-corrected chi connectivity index (χ1v) is 7.09. The van der Waals surface area contributed by atoms with E-state index in [1.165, 1.54) is 24.3 Å². The lowest BCUT2D eigenvalue weighted by atomic mass is 10.1. The van der Waals surface area contributed by atoms with E-state index < -0.39 is 16.3 Å². The van der Waals surface area contributed by atoms with Crippen molar-refractivity contribution in [2.75, 3.05) is 11.9 Å². The Hall–Kier alpha value is -3.48. The van der Waals surface area contributed by atoms with Crippen LogP contribution in [0.2, 0.25) is 0 Å². The minimum atomic E-state index is -0.733. The van der Waals surface area contributed by atoms with Gasteiger partial charge in [-0.3, -0.25) is 14.9 Å². The largest absolute Gasteiger partial charge is 0.422 e. The molecule has 0 aliphatic carbocycles. The van der Waals surface area contributed by atoms with Gasteiger partial charge in [0.2, 0.25) is 0 Å². The van der Waals surface area contributed by atoms with Gasteiger partial charge in [0.15, 0.2) is 5.78 Å². The van der Waals surface area contributed by atoms with E-state index in [-0.39, 0.29) is 23.5 Å². The molecule has 2 aromatic carbocycles. The van der Waals surface area contributed by atoms with Crippen LogP contribution < -0.4 is 10.9 Å². The summed E-state index contributed by atoms with van der Waals surface area (Å²) in [6, 6.07) is 14.3. The van der Waals surface area contributed by atoms with Gasteiger partial charge >= 0.3 is 5.63 Å². The minimum Gasteiger partial charge on any atom is -0.422 e. The summed E-state index contributed by atoms with van der Waals surface area (Å²) >= 11 is 0. The van der Waals surface area contributed by atoms with Gasteiger partial charge in [0.1, 0.15) is 16.8 Å². The van der Waals surface area contributed by atoms with Gasteiger partial charge in [-0.05, 0) is 18.2 Å². The second kappa shape index (κ2) is 6.33. The Bertz CT molecular complexity index is 993. The topological polar surface area (TPSA) is 102 Å². The number of carbonyl (C=O) groups excluding carboxylic acids is 1. The molecule has 0 aliphatic rings. The summed E-state index contributed by atoms with van der Waals surface area (Å²) in [7, 11) is 0. The summed E-state index contributed by atoms with van der Waals surface area (Å²) in [5.74, 6) is -0.507. The van der Waals surface area contributed by atoms with E-state index in [2.05, 4.69) is 5.32 Å². The zero-order chi connectivity index (χ0) is 17.1. The fourth-order valence-electron chi connectivity index (χ4n) is 2.31. The second-order valence-electron chi connectivity index (χ2n) is 5.04. The van der Waals surface area contributed by atoms with E-state index in [1.54, 1.807) is 30.3 Å². The van der Waals surface area contributed by atoms with Crippen LogP contribution in [0.1, 0.15) is 10.4 Å². The first kappa shape index (κ1) is 15.4. The maximum atomic E-state index is 12.3. The number of rotatable bonds is 5. The molecule has 1 heterocycles. The van der Waals surface area contributed by atoms with Crippen LogP contribution in [0.25, 0.3) is 11.0 Å². The molecule has 1 N–H and O–H groups in total. The number of Topliss-reactive ketones (excluding diaryl/α,β-unsaturated/α-hetero) is 1. The molecule has 0 fully saturated rings. The third-order valence-corrected chi connectivity index (χ3v) is 3.48. The molecule has 0 saturated carbocycles. The quantitative estimate of drug-likeness (QED) is 0.335. The number of carbonyl (C=O) groups is 1. The number of ketones is 1. The SMILES string of the molecule is O=C(CNc1ccccc1[N+](=O)[O-])c1cc2ccccc2oc1=O. The third kappa shape index (κ3) is 3.00. The minimum absolute atomic E-state index is 0.0974. The van der Waals surface area contributed by atoms with Gasteiger partial charge in [-0.2, -0.15) is 0 Å². The van der Waals surface area contributed by atoms with Crippen molar-refractivity contribution >= 4 is 28.1 Å². The Labute approximate surface area is 135 Å². The molecule has 0 atom stereocenters. The second-order valence-corrected chi connectivity index (χ2v) is 5.04. The molecular weight excluding hydrogens is 312 g/mol. The molecule has 7 heteroatoms. The summed E-state index contributed by atoms with van der Waals surface area (Å²) in [6.45, 7) is -0.256. The summed E-state index contributed by atoms with van der Waals surface area (Å²) < 4.78 is 5.12. The zero-order valence-corrected chi connectivity index (χ0v) is 12.4. The Morgan fingerprint density at radius 1 is 1.12 bits per heavy atom. The lowest BCUT2D eigenvalue weighted by Gasteiger charge is -2.06. The average Bonchev–Trinajstić information content (AvgIpc) is 2.59. The van der Waals surface area contributed by atoms with Crippen molar-refractivity contribution in [3.05, 3.63) is 80.7 Å². The van der Waals surface area contributed by atoms with Crippen LogP contribution >= 0.6 is 0 Å². The fourth-order valence-corrected chi connectivity index (χ4v) is 2.31. The van der Waals surface area contributed by atoms with Crippen molar-refractivity contribution in [2.45, 2.75) is 0 Å². The molecule has 0 radical (unpaired) electrons. The molecule has 3 aromatic rings. The molecule has 0 aliphatic heterocycles. The smallest absolute Gasteiger partial charge is 0.347 e. The van der Waals surface area contributed by atoms with Crippen molar-refractivity contribution in [1.29, 1.82) is 0 Å². The molecule has 7 nitrogen and oxygen atoms in total. The highest BCUT2D eigenvalue weighted by Crippen LogP contribution is 2.23. The Kier molecular flexibility index (Phi) is 4.07. The summed E-state index contributed by atoms with van der Waals surface area (Å²) in [5.41, 5.74) is -0.370. The average molecular weight is 324 g/mol. The molecule has 0 spiro atoms. The maximum Gasteiger partial charge on any atom is 0.347 e. The number of para-hydroxylation sites is 3. The monoisotopic (exact) mass is 324 g/mol. The van der Waals surface area contributed by atoms with Crippen LogP contribution in [0.3, 0.4) is 0 Å². The standard InChI is InChI=1S/C17H12N2O5/c20-15(10-18-13-6-2-3-7-14(13)19(22)23)12-9-11-5-1-4-8-16(11)24-17(12)21/h1-9,18H,10H2. The van der Waals surface area contributed by atoms with E-state index in [4.69, 9.17) is 4.42 Å². The number of fused-ring (bicyclic) bond motifs is 1. The zero-order valence-electron chi connectivity index (χ0n) is 12.4. The maximum absolute atomic E-state index is 12.3. The summed E-state index contributed by atoms with van der Waals surface area (Å²) in [4.78, 5) is 34.6. The van der Waals surface area contributed by atoms with Crippen LogP contribution in [0.5, 0.6) is 0 Å². The summed E-state index contributed by atoms with van der Waals surface area (Å²) in [5, 5.41) is 14.3. The number of anilines is 1. The van der Waals surface area contributed by atoms with Crippen molar-refractivity contribution < 1.29 is 14.1 Å². The van der Waals surface area contributed by atoms with Gasteiger partial charge in [-0.25, -0.2) is 4.79 Å². The Morgan fingerprint density at radius 2 is 1.83 bits per heavy atom. The first-order valence-electron chi connectivity index (χ1n) is 7.09. The summed E-state index contributed by atoms with van der Waals surface area (Å²) in [6.07, 6.45) is 0. The van der Waals surface area contributed by atoms with Crippen LogP contribution in [0, 0.1) is 10.1 Å². The van der Waals surface area contributed by atoms with Crippen LogP contribution in [0.15, 0.2) is 63.8 Å². The van der Waals surface area contributed by atoms with Crippen molar-refractivity contribution in [2.24, 2.45) is 0 Å². The van der Waals surface area contributed by atoms with E-state index >= 15 is 0 Å². The number of hydrogen-bond acceptors (Lipinski definition) is 6. The van der Waals surface area contributed by atoms with Crippen LogP contribution in [0.4, 0.5) is 11.4 Å². The van der Waals surface area contributed by atoms with Crippen molar-refractivity contribution in [3.63, 3.8) is 0 Å². The molecule has 0 unspecified atom stereocenters. The van der Waals surface area contributed by atoms with Gasteiger partial charge in [-0.1, -0.05) is 30.3 Å².